The van der Waals surface area contributed by atoms with Crippen LogP contribution in [-0.4, -0.2) is 14.2 Å². The Morgan fingerprint density at radius 1 is 1.00 bits per heavy atom. The third-order valence-electron chi connectivity index (χ3n) is 4.53. The molecule has 0 fully saturated rings. The minimum Gasteiger partial charge on any atom is -0.386 e. The molecule has 0 bridgehead atoms. The van der Waals surface area contributed by atoms with Gasteiger partial charge in [0.2, 0.25) is 5.78 Å². The second-order valence-corrected chi connectivity index (χ2v) is 9.22. The van der Waals surface area contributed by atoms with Crippen LogP contribution >= 0.6 is 11.3 Å². The summed E-state index contributed by atoms with van der Waals surface area (Å²) in [6, 6.07) is 16.7. The van der Waals surface area contributed by atoms with E-state index in [4.69, 9.17) is 0 Å². The van der Waals surface area contributed by atoms with Crippen molar-refractivity contribution in [3.63, 3.8) is 0 Å². The quantitative estimate of drug-likeness (QED) is 0.623. The van der Waals surface area contributed by atoms with Gasteiger partial charge >= 0.3 is 0 Å². The first-order valence-corrected chi connectivity index (χ1v) is 11.2. The number of sulfonamides is 1. The van der Waals surface area contributed by atoms with Gasteiger partial charge in [0.1, 0.15) is 10.7 Å². The third kappa shape index (κ3) is 3.81. The second-order valence-electron chi connectivity index (χ2n) is 6.48. The smallest absolute Gasteiger partial charge is 0.270 e. The summed E-state index contributed by atoms with van der Waals surface area (Å²) in [6.45, 7) is 0.401. The third-order valence-corrected chi connectivity index (χ3v) is 7.20. The first-order chi connectivity index (χ1) is 14.0. The molecule has 0 atom stereocenters. The molecule has 2 aromatic carbocycles. The van der Waals surface area contributed by atoms with Crippen LogP contribution in [0.25, 0.3) is 0 Å². The van der Waals surface area contributed by atoms with Crippen LogP contribution in [0, 0.1) is 5.82 Å². The maximum Gasteiger partial charge on any atom is 0.270 e. The zero-order valence-corrected chi connectivity index (χ0v) is 16.8. The van der Waals surface area contributed by atoms with Crippen molar-refractivity contribution in [1.29, 1.82) is 0 Å². The topological polar surface area (TPSA) is 66.5 Å². The maximum atomic E-state index is 13.2. The molecule has 1 aliphatic heterocycles. The fourth-order valence-corrected chi connectivity index (χ4v) is 5.58. The van der Waals surface area contributed by atoms with Gasteiger partial charge in [0, 0.05) is 12.7 Å². The minimum absolute atomic E-state index is 0.00958. The van der Waals surface area contributed by atoms with Crippen LogP contribution in [0.1, 0.15) is 20.8 Å². The average Bonchev–Trinajstić information content (AvgIpc) is 3.20. The van der Waals surface area contributed by atoms with Crippen molar-refractivity contribution in [1.82, 2.24) is 5.32 Å². The number of rotatable bonds is 5. The van der Waals surface area contributed by atoms with Crippen LogP contribution in [0.3, 0.4) is 0 Å². The molecule has 1 N–H and O–H groups in total. The Balaban J connectivity index is 1.67. The van der Waals surface area contributed by atoms with Crippen LogP contribution in [-0.2, 0) is 23.1 Å². The summed E-state index contributed by atoms with van der Waals surface area (Å²) in [4.78, 5) is 12.9. The molecule has 0 unspecified atom stereocenters. The molecular formula is C21H17FN2O3S2. The summed E-state index contributed by atoms with van der Waals surface area (Å²) in [5.41, 5.74) is 1.94. The van der Waals surface area contributed by atoms with Crippen molar-refractivity contribution in [3.8, 4) is 0 Å². The molecule has 148 valence electrons. The zero-order valence-electron chi connectivity index (χ0n) is 15.2. The van der Waals surface area contributed by atoms with Gasteiger partial charge in [-0.1, -0.05) is 42.5 Å². The lowest BCUT2D eigenvalue weighted by molar-refractivity contribution is 0.104. The van der Waals surface area contributed by atoms with E-state index in [0.29, 0.717) is 22.7 Å². The molecule has 3 aromatic rings. The summed E-state index contributed by atoms with van der Waals surface area (Å²) >= 11 is 1.20. The SMILES string of the molecule is O=C1/C(=C/NCc2ccccc2)S(=O)(=O)N(Cc2ccc(F)cc2)c2ccsc21. The van der Waals surface area contributed by atoms with Crippen LogP contribution in [0.4, 0.5) is 10.1 Å². The predicted octanol–water partition coefficient (Wildman–Crippen LogP) is 4.05. The Morgan fingerprint density at radius 2 is 1.72 bits per heavy atom. The van der Waals surface area contributed by atoms with Crippen molar-refractivity contribution >= 4 is 32.8 Å². The fraction of sp³-hybridized carbons (Fsp3) is 0.0952. The van der Waals surface area contributed by atoms with Crippen molar-refractivity contribution < 1.29 is 17.6 Å². The molecule has 1 aromatic heterocycles. The van der Waals surface area contributed by atoms with Gasteiger partial charge in [0.05, 0.1) is 12.2 Å². The van der Waals surface area contributed by atoms with Crippen LogP contribution in [0.2, 0.25) is 0 Å². The highest BCUT2D eigenvalue weighted by Crippen LogP contribution is 2.39. The number of Topliss-reactive ketones (excluding diaryl/α,β-unsaturated/α-hetero) is 1. The number of anilines is 1. The molecule has 0 saturated carbocycles. The molecule has 0 radical (unpaired) electrons. The zero-order chi connectivity index (χ0) is 20.4. The molecular weight excluding hydrogens is 411 g/mol. The van der Waals surface area contributed by atoms with Gasteiger partial charge in [0.25, 0.3) is 10.0 Å². The van der Waals surface area contributed by atoms with Crippen LogP contribution < -0.4 is 9.62 Å². The van der Waals surface area contributed by atoms with Crippen molar-refractivity contribution in [2.45, 2.75) is 13.1 Å². The normalized spacial score (nSPS) is 16.7. The van der Waals surface area contributed by atoms with E-state index in [1.54, 1.807) is 11.4 Å². The van der Waals surface area contributed by atoms with Gasteiger partial charge in [-0.25, -0.2) is 12.8 Å². The van der Waals surface area contributed by atoms with Crippen LogP contribution in [0.15, 0.2) is 77.1 Å². The molecule has 0 saturated heterocycles. The minimum atomic E-state index is -4.06. The number of fused-ring (bicyclic) bond motifs is 1. The van der Waals surface area contributed by atoms with Gasteiger partial charge in [0.15, 0.2) is 4.91 Å². The predicted molar refractivity (Wildman–Crippen MR) is 112 cm³/mol. The Hall–Kier alpha value is -2.97. The number of nitrogens with one attached hydrogen (secondary N) is 1. The van der Waals surface area contributed by atoms with E-state index < -0.39 is 21.6 Å². The van der Waals surface area contributed by atoms with Gasteiger partial charge < -0.3 is 5.32 Å². The average molecular weight is 429 g/mol. The highest BCUT2D eigenvalue weighted by atomic mass is 32.2. The molecule has 1 aliphatic rings. The maximum absolute atomic E-state index is 13.2. The van der Waals surface area contributed by atoms with E-state index in [9.17, 15) is 17.6 Å². The summed E-state index contributed by atoms with van der Waals surface area (Å²) in [5.74, 6) is -0.918. The van der Waals surface area contributed by atoms with Crippen molar-refractivity contribution in [2.24, 2.45) is 0 Å². The number of thiophene rings is 1. The number of halogens is 1. The lowest BCUT2D eigenvalue weighted by Gasteiger charge is -2.29. The van der Waals surface area contributed by atoms with Crippen molar-refractivity contribution in [2.75, 3.05) is 4.31 Å². The monoisotopic (exact) mass is 428 g/mol. The number of hydrogen-bond donors (Lipinski definition) is 1. The number of carbonyl (C=O) groups excluding carboxylic acids is 1. The first-order valence-electron chi connectivity index (χ1n) is 8.83. The van der Waals surface area contributed by atoms with E-state index in [-0.39, 0.29) is 11.4 Å². The Labute approximate surface area is 172 Å². The van der Waals surface area contributed by atoms with Crippen molar-refractivity contribution in [3.05, 3.63) is 99.0 Å². The summed E-state index contributed by atoms with van der Waals surface area (Å²) < 4.78 is 40.9. The number of allylic oxidation sites excluding steroid dienone is 1. The fourth-order valence-electron chi connectivity index (χ4n) is 3.07. The molecule has 4 rings (SSSR count). The van der Waals surface area contributed by atoms with E-state index >= 15 is 0 Å². The summed E-state index contributed by atoms with van der Waals surface area (Å²) in [7, 11) is -4.06. The van der Waals surface area contributed by atoms with Crippen LogP contribution in [0.5, 0.6) is 0 Å². The summed E-state index contributed by atoms with van der Waals surface area (Å²) in [5, 5.41) is 4.63. The van der Waals surface area contributed by atoms with Gasteiger partial charge in [-0.05, 0) is 34.7 Å². The number of carbonyl (C=O) groups is 1. The Bertz CT molecular complexity index is 1170. The number of hydrogen-bond acceptors (Lipinski definition) is 5. The van der Waals surface area contributed by atoms with Gasteiger partial charge in [-0.15, -0.1) is 11.3 Å². The molecule has 8 heteroatoms. The van der Waals surface area contributed by atoms with E-state index in [1.165, 1.54) is 46.1 Å². The highest BCUT2D eigenvalue weighted by Gasteiger charge is 2.41. The number of nitrogens with zero attached hydrogens (tertiary/aromatic N) is 1. The standard InChI is InChI=1S/C21H17FN2O3S2/c22-17-8-6-16(7-9-17)14-24-18-10-11-28-21(18)20(25)19(29(24,26)27)13-23-12-15-4-2-1-3-5-15/h1-11,13,23H,12,14H2/b19-13-. The molecule has 29 heavy (non-hydrogen) atoms. The van der Waals surface area contributed by atoms with E-state index in [1.807, 2.05) is 30.3 Å². The molecule has 2 heterocycles. The summed E-state index contributed by atoms with van der Waals surface area (Å²) in [6.07, 6.45) is 1.27. The number of benzene rings is 2. The van der Waals surface area contributed by atoms with E-state index in [0.717, 1.165) is 5.56 Å². The lowest BCUT2D eigenvalue weighted by atomic mass is 10.2. The second kappa shape index (κ2) is 7.81. The lowest BCUT2D eigenvalue weighted by Crippen LogP contribution is -2.38. The van der Waals surface area contributed by atoms with Gasteiger partial charge in [-0.2, -0.15) is 0 Å². The molecule has 0 spiro atoms. The van der Waals surface area contributed by atoms with Gasteiger partial charge in [-0.3, -0.25) is 9.10 Å². The Kier molecular flexibility index (Phi) is 5.21. The molecule has 0 aliphatic carbocycles. The molecule has 0 amide bonds. The number of ketones is 1. The molecule has 5 nitrogen and oxygen atoms in total. The largest absolute Gasteiger partial charge is 0.386 e. The first kappa shape index (κ1) is 19.4. The Morgan fingerprint density at radius 3 is 2.45 bits per heavy atom. The highest BCUT2D eigenvalue weighted by molar-refractivity contribution is 7.97. The van der Waals surface area contributed by atoms with E-state index in [2.05, 4.69) is 5.32 Å².